The first-order valence-corrected chi connectivity index (χ1v) is 5.91. The Morgan fingerprint density at radius 3 is 2.29 bits per heavy atom. The molecule has 0 aliphatic heterocycles. The van der Waals surface area contributed by atoms with Crippen LogP contribution in [0, 0.1) is 0 Å². The van der Waals surface area contributed by atoms with Crippen molar-refractivity contribution in [2.24, 2.45) is 0 Å². The summed E-state index contributed by atoms with van der Waals surface area (Å²) in [5.41, 5.74) is 2.14. The van der Waals surface area contributed by atoms with Gasteiger partial charge in [-0.3, -0.25) is 0 Å². The minimum Gasteiger partial charge on any atom is -0.385 e. The van der Waals surface area contributed by atoms with Gasteiger partial charge in [0.1, 0.15) is 0 Å². The van der Waals surface area contributed by atoms with E-state index in [2.05, 4.69) is 12.2 Å². The highest BCUT2D eigenvalue weighted by Gasteiger charge is 2.25. The van der Waals surface area contributed by atoms with Gasteiger partial charge in [0, 0.05) is 18.7 Å². The highest BCUT2D eigenvalue weighted by Crippen LogP contribution is 2.21. The fourth-order valence-electron chi connectivity index (χ4n) is 1.60. The van der Waals surface area contributed by atoms with Crippen molar-refractivity contribution in [3.8, 4) is 0 Å². The average Bonchev–Trinajstić information content (AvgIpc) is 2.26. The van der Waals surface area contributed by atoms with Crippen molar-refractivity contribution in [1.29, 1.82) is 0 Å². The van der Waals surface area contributed by atoms with E-state index in [-0.39, 0.29) is 6.42 Å². The first kappa shape index (κ1) is 13.9. The van der Waals surface area contributed by atoms with E-state index in [9.17, 15) is 13.2 Å². The van der Waals surface area contributed by atoms with Gasteiger partial charge in [0.25, 0.3) is 0 Å². The molecule has 96 valence electrons. The van der Waals surface area contributed by atoms with E-state index < -0.39 is 12.6 Å². The van der Waals surface area contributed by atoms with Gasteiger partial charge in [-0.15, -0.1) is 0 Å². The highest BCUT2D eigenvalue weighted by molar-refractivity contribution is 5.44. The Morgan fingerprint density at radius 2 is 1.76 bits per heavy atom. The minimum absolute atomic E-state index is 0.111. The second-order valence-corrected chi connectivity index (χ2v) is 4.09. The molecule has 4 heteroatoms. The lowest BCUT2D eigenvalue weighted by Gasteiger charge is -2.09. The highest BCUT2D eigenvalue weighted by atomic mass is 19.4. The Morgan fingerprint density at radius 1 is 1.12 bits per heavy atom. The molecule has 0 fully saturated rings. The van der Waals surface area contributed by atoms with Gasteiger partial charge in [0.15, 0.2) is 0 Å². The Balaban J connectivity index is 2.27. The van der Waals surface area contributed by atoms with E-state index in [0.29, 0.717) is 6.54 Å². The van der Waals surface area contributed by atoms with Gasteiger partial charge in [0.05, 0.1) is 0 Å². The molecule has 1 N–H and O–H groups in total. The van der Waals surface area contributed by atoms with Crippen molar-refractivity contribution < 1.29 is 13.2 Å². The van der Waals surface area contributed by atoms with Crippen LogP contribution >= 0.6 is 0 Å². The van der Waals surface area contributed by atoms with Gasteiger partial charge in [-0.2, -0.15) is 13.2 Å². The zero-order chi connectivity index (χ0) is 12.7. The molecular weight excluding hydrogens is 227 g/mol. The summed E-state index contributed by atoms with van der Waals surface area (Å²) in [5.74, 6) is 0. The second-order valence-electron chi connectivity index (χ2n) is 4.09. The molecule has 0 spiro atoms. The van der Waals surface area contributed by atoms with Gasteiger partial charge in [0.2, 0.25) is 0 Å². The van der Waals surface area contributed by atoms with Gasteiger partial charge >= 0.3 is 6.18 Å². The van der Waals surface area contributed by atoms with Crippen molar-refractivity contribution in [2.45, 2.75) is 38.8 Å². The van der Waals surface area contributed by atoms with E-state index in [1.165, 1.54) is 5.56 Å². The molecule has 0 aliphatic carbocycles. The number of hydrogen-bond donors (Lipinski definition) is 1. The molecule has 0 saturated carbocycles. The van der Waals surface area contributed by atoms with E-state index >= 15 is 0 Å². The van der Waals surface area contributed by atoms with Crippen LogP contribution in [0.5, 0.6) is 0 Å². The van der Waals surface area contributed by atoms with Crippen LogP contribution in [0.25, 0.3) is 0 Å². The third kappa shape index (κ3) is 6.19. The maximum absolute atomic E-state index is 11.9. The fraction of sp³-hybridized carbons (Fsp3) is 0.538. The van der Waals surface area contributed by atoms with Crippen LogP contribution in [0.15, 0.2) is 24.3 Å². The SMILES string of the molecule is CCCc1ccc(NCCCC(F)(F)F)cc1. The van der Waals surface area contributed by atoms with Gasteiger partial charge in [-0.1, -0.05) is 25.5 Å². The molecule has 1 aromatic carbocycles. The molecule has 0 bridgehead atoms. The Labute approximate surface area is 100 Å². The number of rotatable bonds is 6. The van der Waals surface area contributed by atoms with Crippen LogP contribution in [-0.4, -0.2) is 12.7 Å². The summed E-state index contributed by atoms with van der Waals surface area (Å²) in [5, 5.41) is 2.99. The van der Waals surface area contributed by atoms with E-state index in [1.807, 2.05) is 24.3 Å². The van der Waals surface area contributed by atoms with Crippen LogP contribution in [-0.2, 0) is 6.42 Å². The summed E-state index contributed by atoms with van der Waals surface area (Å²) in [4.78, 5) is 0. The van der Waals surface area contributed by atoms with E-state index in [0.717, 1.165) is 18.5 Å². The molecule has 0 heterocycles. The number of nitrogens with one attached hydrogen (secondary N) is 1. The van der Waals surface area contributed by atoms with Crippen LogP contribution in [0.2, 0.25) is 0 Å². The third-order valence-corrected chi connectivity index (χ3v) is 2.46. The van der Waals surface area contributed by atoms with Crippen molar-refractivity contribution in [3.05, 3.63) is 29.8 Å². The number of benzene rings is 1. The van der Waals surface area contributed by atoms with E-state index in [1.54, 1.807) is 0 Å². The first-order chi connectivity index (χ1) is 8.01. The topological polar surface area (TPSA) is 12.0 Å². The lowest BCUT2D eigenvalue weighted by molar-refractivity contribution is -0.134. The van der Waals surface area contributed by atoms with Crippen LogP contribution < -0.4 is 5.32 Å². The molecule has 0 saturated heterocycles. The van der Waals surface area contributed by atoms with Crippen LogP contribution in [0.4, 0.5) is 18.9 Å². The predicted molar refractivity (Wildman–Crippen MR) is 64.2 cm³/mol. The zero-order valence-corrected chi connectivity index (χ0v) is 9.98. The number of aryl methyl sites for hydroxylation is 1. The van der Waals surface area contributed by atoms with E-state index in [4.69, 9.17) is 0 Å². The molecule has 0 atom stereocenters. The largest absolute Gasteiger partial charge is 0.389 e. The lowest BCUT2D eigenvalue weighted by atomic mass is 10.1. The van der Waals surface area contributed by atoms with Gasteiger partial charge < -0.3 is 5.32 Å². The normalized spacial score (nSPS) is 11.5. The predicted octanol–water partition coefficient (Wildman–Crippen LogP) is 4.39. The minimum atomic E-state index is -4.05. The Kier molecular flexibility index (Phi) is 5.32. The van der Waals surface area contributed by atoms with Crippen molar-refractivity contribution in [2.75, 3.05) is 11.9 Å². The molecule has 0 aliphatic rings. The maximum Gasteiger partial charge on any atom is 0.389 e. The zero-order valence-electron chi connectivity index (χ0n) is 9.98. The first-order valence-electron chi connectivity index (χ1n) is 5.91. The summed E-state index contributed by atoms with van der Waals surface area (Å²) in [6.07, 6.45) is -2.53. The molecule has 0 radical (unpaired) electrons. The molecule has 0 aromatic heterocycles. The summed E-state index contributed by atoms with van der Waals surface area (Å²) in [6.45, 7) is 2.47. The summed E-state index contributed by atoms with van der Waals surface area (Å²) >= 11 is 0. The molecular formula is C13H18F3N. The smallest absolute Gasteiger partial charge is 0.385 e. The third-order valence-electron chi connectivity index (χ3n) is 2.46. The molecule has 1 nitrogen and oxygen atoms in total. The molecule has 1 aromatic rings. The molecule has 0 unspecified atom stereocenters. The average molecular weight is 245 g/mol. The molecule has 1 rings (SSSR count). The number of anilines is 1. The summed E-state index contributed by atoms with van der Waals surface area (Å²) in [7, 11) is 0. The summed E-state index contributed by atoms with van der Waals surface area (Å²) in [6, 6.07) is 7.85. The van der Waals surface area contributed by atoms with Crippen LogP contribution in [0.1, 0.15) is 31.7 Å². The van der Waals surface area contributed by atoms with Crippen molar-refractivity contribution >= 4 is 5.69 Å². The molecule has 17 heavy (non-hydrogen) atoms. The number of halogens is 3. The fourth-order valence-corrected chi connectivity index (χ4v) is 1.60. The second kappa shape index (κ2) is 6.52. The summed E-state index contributed by atoms with van der Waals surface area (Å²) < 4.78 is 35.7. The van der Waals surface area contributed by atoms with Crippen molar-refractivity contribution in [1.82, 2.24) is 0 Å². The van der Waals surface area contributed by atoms with Gasteiger partial charge in [-0.25, -0.2) is 0 Å². The van der Waals surface area contributed by atoms with Crippen molar-refractivity contribution in [3.63, 3.8) is 0 Å². The lowest BCUT2D eigenvalue weighted by Crippen LogP contribution is -2.10. The quantitative estimate of drug-likeness (QED) is 0.733. The molecule has 0 amide bonds. The monoisotopic (exact) mass is 245 g/mol. The van der Waals surface area contributed by atoms with Gasteiger partial charge in [-0.05, 0) is 30.5 Å². The number of alkyl halides is 3. The Bertz CT molecular complexity index is 316. The number of hydrogen-bond acceptors (Lipinski definition) is 1. The maximum atomic E-state index is 11.9. The van der Waals surface area contributed by atoms with Crippen LogP contribution in [0.3, 0.4) is 0 Å². The Hall–Kier alpha value is -1.19. The standard InChI is InChI=1S/C13H18F3N/c1-2-4-11-5-7-12(8-6-11)17-10-3-9-13(14,15)16/h5-8,17H,2-4,9-10H2,1H3.